The third kappa shape index (κ3) is 6.52. The highest BCUT2D eigenvalue weighted by atomic mass is 16.5. The van der Waals surface area contributed by atoms with Gasteiger partial charge in [-0.15, -0.1) is 0 Å². The fourth-order valence-electron chi connectivity index (χ4n) is 3.42. The minimum Gasteiger partial charge on any atom is -0.455 e. The molecule has 1 aliphatic carbocycles. The Hall–Kier alpha value is -1.85. The summed E-state index contributed by atoms with van der Waals surface area (Å²) in [5, 5.41) is 2.80. The first kappa shape index (κ1) is 19.5. The van der Waals surface area contributed by atoms with Gasteiger partial charge in [0.05, 0.1) is 5.92 Å². The van der Waals surface area contributed by atoms with Gasteiger partial charge in [0.2, 0.25) is 5.91 Å². The van der Waals surface area contributed by atoms with Crippen LogP contribution in [0.25, 0.3) is 0 Å². The molecule has 0 aromatic heterocycles. The lowest BCUT2D eigenvalue weighted by atomic mass is 9.97. The molecule has 140 valence electrons. The second-order valence-corrected chi connectivity index (χ2v) is 6.85. The van der Waals surface area contributed by atoms with Crippen LogP contribution in [-0.4, -0.2) is 48.9 Å². The maximum absolute atomic E-state index is 12.1. The van der Waals surface area contributed by atoms with Gasteiger partial charge in [-0.3, -0.25) is 14.4 Å². The first-order chi connectivity index (χ1) is 12.1. The number of carbonyl (C=O) groups excluding carboxylic acids is 3. The van der Waals surface area contributed by atoms with Crippen molar-refractivity contribution in [2.24, 2.45) is 5.92 Å². The summed E-state index contributed by atoms with van der Waals surface area (Å²) in [5.41, 5.74) is 1.41. The third-order valence-electron chi connectivity index (χ3n) is 4.91. The highest BCUT2D eigenvalue weighted by molar-refractivity contribution is 5.82. The van der Waals surface area contributed by atoms with Crippen LogP contribution >= 0.6 is 0 Å². The Labute approximate surface area is 150 Å². The molecule has 25 heavy (non-hydrogen) atoms. The maximum Gasteiger partial charge on any atom is 0.311 e. The van der Waals surface area contributed by atoms with Crippen molar-refractivity contribution in [3.63, 3.8) is 0 Å². The average molecular weight is 350 g/mol. The van der Waals surface area contributed by atoms with E-state index in [1.54, 1.807) is 4.90 Å². The molecule has 0 aromatic carbocycles. The summed E-state index contributed by atoms with van der Waals surface area (Å²) in [6.45, 7) is 3.27. The molecule has 0 radical (unpaired) electrons. The number of esters is 1. The maximum atomic E-state index is 12.1. The van der Waals surface area contributed by atoms with Gasteiger partial charge in [-0.05, 0) is 44.9 Å². The van der Waals surface area contributed by atoms with Crippen molar-refractivity contribution in [1.82, 2.24) is 10.2 Å². The molecule has 1 heterocycles. The molecule has 2 aliphatic rings. The van der Waals surface area contributed by atoms with Gasteiger partial charge in [-0.1, -0.05) is 18.6 Å². The van der Waals surface area contributed by atoms with Crippen molar-refractivity contribution in [2.45, 2.75) is 58.3 Å². The first-order valence-electron chi connectivity index (χ1n) is 9.49. The number of nitrogens with one attached hydrogen (secondary N) is 1. The topological polar surface area (TPSA) is 75.7 Å². The Morgan fingerprint density at radius 3 is 2.84 bits per heavy atom. The number of hydrogen-bond acceptors (Lipinski definition) is 4. The quantitative estimate of drug-likeness (QED) is 0.564. The van der Waals surface area contributed by atoms with Crippen molar-refractivity contribution in [1.29, 1.82) is 0 Å². The molecule has 1 N–H and O–H groups in total. The summed E-state index contributed by atoms with van der Waals surface area (Å²) in [6, 6.07) is 0. The van der Waals surface area contributed by atoms with Crippen LogP contribution in [0.3, 0.4) is 0 Å². The van der Waals surface area contributed by atoms with Gasteiger partial charge in [-0.2, -0.15) is 0 Å². The van der Waals surface area contributed by atoms with Gasteiger partial charge in [0.15, 0.2) is 6.61 Å². The second-order valence-electron chi connectivity index (χ2n) is 6.85. The fourth-order valence-corrected chi connectivity index (χ4v) is 3.42. The number of allylic oxidation sites excluding steroid dienone is 1. The summed E-state index contributed by atoms with van der Waals surface area (Å²) in [4.78, 5) is 37.4. The molecular weight excluding hydrogens is 320 g/mol. The van der Waals surface area contributed by atoms with E-state index in [2.05, 4.69) is 11.4 Å². The molecule has 1 aliphatic heterocycles. The van der Waals surface area contributed by atoms with Gasteiger partial charge in [0.25, 0.3) is 5.91 Å². The van der Waals surface area contributed by atoms with E-state index < -0.39 is 0 Å². The summed E-state index contributed by atoms with van der Waals surface area (Å²) < 4.78 is 5.14. The third-order valence-corrected chi connectivity index (χ3v) is 4.91. The van der Waals surface area contributed by atoms with E-state index in [0.29, 0.717) is 32.5 Å². The van der Waals surface area contributed by atoms with Crippen molar-refractivity contribution < 1.29 is 19.1 Å². The zero-order valence-corrected chi connectivity index (χ0v) is 15.2. The Kier molecular flexibility index (Phi) is 7.95. The summed E-state index contributed by atoms with van der Waals surface area (Å²) >= 11 is 0. The molecule has 1 saturated heterocycles. The van der Waals surface area contributed by atoms with Gasteiger partial charge in [0, 0.05) is 26.1 Å². The second kappa shape index (κ2) is 10.2. The minimum absolute atomic E-state index is 0.0623. The summed E-state index contributed by atoms with van der Waals surface area (Å²) in [7, 11) is 0. The lowest BCUT2D eigenvalue weighted by Crippen LogP contribution is -2.43. The number of ether oxygens (including phenoxy) is 1. The van der Waals surface area contributed by atoms with E-state index in [4.69, 9.17) is 4.74 Å². The summed E-state index contributed by atoms with van der Waals surface area (Å²) in [6.07, 6.45) is 9.85. The van der Waals surface area contributed by atoms with Gasteiger partial charge >= 0.3 is 5.97 Å². The van der Waals surface area contributed by atoms with Crippen LogP contribution in [0.5, 0.6) is 0 Å². The van der Waals surface area contributed by atoms with E-state index in [1.807, 2.05) is 6.92 Å². The van der Waals surface area contributed by atoms with Crippen molar-refractivity contribution in [3.05, 3.63) is 11.6 Å². The Morgan fingerprint density at radius 2 is 2.12 bits per heavy atom. The Balaban J connectivity index is 1.64. The fraction of sp³-hybridized carbons (Fsp3) is 0.737. The molecule has 0 saturated carbocycles. The van der Waals surface area contributed by atoms with E-state index in [0.717, 1.165) is 25.7 Å². The molecular formula is C19H30N2O4. The normalized spacial score (nSPS) is 20.6. The number of carbonyl (C=O) groups is 3. The number of rotatable bonds is 7. The average Bonchev–Trinajstić information content (AvgIpc) is 2.66. The Morgan fingerprint density at radius 1 is 1.28 bits per heavy atom. The van der Waals surface area contributed by atoms with Gasteiger partial charge < -0.3 is 15.0 Å². The lowest BCUT2D eigenvalue weighted by Gasteiger charge is -2.31. The van der Waals surface area contributed by atoms with Crippen LogP contribution in [0.15, 0.2) is 11.6 Å². The highest BCUT2D eigenvalue weighted by Gasteiger charge is 2.29. The standard InChI is InChI=1S/C19H30N2O4/c1-2-18(23)21-12-6-9-16(13-21)19(24)25-14-17(22)20-11-10-15-7-4-3-5-8-15/h7,16H,2-6,8-14H2,1H3,(H,20,22). The van der Waals surface area contributed by atoms with Gasteiger partial charge in [0.1, 0.15) is 0 Å². The molecule has 0 spiro atoms. The molecule has 1 unspecified atom stereocenters. The highest BCUT2D eigenvalue weighted by Crippen LogP contribution is 2.20. The van der Waals surface area contributed by atoms with E-state index in [-0.39, 0.29) is 30.3 Å². The first-order valence-corrected chi connectivity index (χ1v) is 9.49. The summed E-state index contributed by atoms with van der Waals surface area (Å²) in [5.74, 6) is -0.891. The monoisotopic (exact) mass is 350 g/mol. The van der Waals surface area contributed by atoms with E-state index in [1.165, 1.54) is 18.4 Å². The van der Waals surface area contributed by atoms with Crippen molar-refractivity contribution >= 4 is 17.8 Å². The molecule has 2 amide bonds. The van der Waals surface area contributed by atoms with Crippen LogP contribution in [0.4, 0.5) is 0 Å². The molecule has 1 atom stereocenters. The molecule has 6 heteroatoms. The molecule has 2 rings (SSSR count). The zero-order chi connectivity index (χ0) is 18.1. The number of amides is 2. The lowest BCUT2D eigenvalue weighted by molar-refractivity contribution is -0.155. The minimum atomic E-state index is -0.376. The van der Waals surface area contributed by atoms with Crippen LogP contribution in [0, 0.1) is 5.92 Å². The SMILES string of the molecule is CCC(=O)N1CCCC(C(=O)OCC(=O)NCCC2=CCCCC2)C1. The number of piperidine rings is 1. The molecule has 6 nitrogen and oxygen atoms in total. The predicted octanol–water partition coefficient (Wildman–Crippen LogP) is 2.18. The molecule has 0 bridgehead atoms. The van der Waals surface area contributed by atoms with Crippen LogP contribution in [0.1, 0.15) is 58.3 Å². The number of nitrogens with zero attached hydrogens (tertiary/aromatic N) is 1. The van der Waals surface area contributed by atoms with E-state index >= 15 is 0 Å². The zero-order valence-electron chi connectivity index (χ0n) is 15.2. The predicted molar refractivity (Wildman–Crippen MR) is 94.7 cm³/mol. The Bertz CT molecular complexity index is 516. The van der Waals surface area contributed by atoms with Crippen molar-refractivity contribution in [2.75, 3.05) is 26.2 Å². The number of hydrogen-bond donors (Lipinski definition) is 1. The van der Waals surface area contributed by atoms with Crippen LogP contribution < -0.4 is 5.32 Å². The molecule has 1 fully saturated rings. The van der Waals surface area contributed by atoms with Crippen LogP contribution in [-0.2, 0) is 19.1 Å². The van der Waals surface area contributed by atoms with Crippen LogP contribution in [0.2, 0.25) is 0 Å². The number of likely N-dealkylation sites (tertiary alicyclic amines) is 1. The largest absolute Gasteiger partial charge is 0.455 e. The van der Waals surface area contributed by atoms with E-state index in [9.17, 15) is 14.4 Å². The smallest absolute Gasteiger partial charge is 0.311 e. The van der Waals surface area contributed by atoms with Gasteiger partial charge in [-0.25, -0.2) is 0 Å². The molecule has 0 aromatic rings. The van der Waals surface area contributed by atoms with Crippen molar-refractivity contribution in [3.8, 4) is 0 Å².